The minimum Gasteiger partial charge on any atom is -0.319 e. The van der Waals surface area contributed by atoms with E-state index in [2.05, 4.69) is 29.3 Å². The van der Waals surface area contributed by atoms with Crippen LogP contribution in [0.2, 0.25) is 0 Å². The van der Waals surface area contributed by atoms with Crippen molar-refractivity contribution < 1.29 is 9.88 Å². The van der Waals surface area contributed by atoms with E-state index in [-0.39, 0.29) is 0 Å². The predicted molar refractivity (Wildman–Crippen MR) is 67.4 cm³/mol. The van der Waals surface area contributed by atoms with E-state index in [9.17, 15) is 0 Å². The van der Waals surface area contributed by atoms with E-state index in [0.717, 1.165) is 16.2 Å². The summed E-state index contributed by atoms with van der Waals surface area (Å²) in [5, 5.41) is 4.44. The summed E-state index contributed by atoms with van der Waals surface area (Å²) in [6.45, 7) is 0. The summed E-state index contributed by atoms with van der Waals surface area (Å²) in [6.07, 6.45) is 0. The summed E-state index contributed by atoms with van der Waals surface area (Å²) in [4.78, 5) is 9.19. The molecule has 17 heavy (non-hydrogen) atoms. The second-order valence-corrected chi connectivity index (χ2v) is 3.86. The highest BCUT2D eigenvalue weighted by Gasteiger charge is 2.04. The van der Waals surface area contributed by atoms with Crippen molar-refractivity contribution in [2.45, 2.75) is 0 Å². The zero-order valence-corrected chi connectivity index (χ0v) is 9.09. The van der Waals surface area contributed by atoms with Crippen LogP contribution in [-0.2, 0) is 4.99 Å². The Labute approximate surface area is 98.2 Å². The lowest BCUT2D eigenvalue weighted by atomic mass is 10.0. The molecule has 3 aromatic carbocycles. The molecule has 0 amide bonds. The third-order valence-corrected chi connectivity index (χ3v) is 2.84. The van der Waals surface area contributed by atoms with Gasteiger partial charge in [-0.3, -0.25) is 0 Å². The maximum Gasteiger partial charge on any atom is 0.175 e. The van der Waals surface area contributed by atoms with Crippen LogP contribution in [0.25, 0.3) is 21.5 Å². The van der Waals surface area contributed by atoms with E-state index in [0.29, 0.717) is 5.75 Å². The average Bonchev–Trinajstić information content (AvgIpc) is 2.37. The molecule has 0 saturated heterocycles. The van der Waals surface area contributed by atoms with Crippen LogP contribution in [0.4, 0.5) is 0 Å². The van der Waals surface area contributed by atoms with Crippen LogP contribution in [0.1, 0.15) is 0 Å². The lowest BCUT2D eigenvalue weighted by molar-refractivity contribution is -0.210. The van der Waals surface area contributed by atoms with E-state index >= 15 is 0 Å². The van der Waals surface area contributed by atoms with Gasteiger partial charge in [-0.2, -0.15) is 5.90 Å². The lowest BCUT2D eigenvalue weighted by Gasteiger charge is -2.06. The van der Waals surface area contributed by atoms with Crippen LogP contribution >= 0.6 is 0 Å². The number of nitrogens with two attached hydrogens (primary N) is 1. The van der Waals surface area contributed by atoms with Crippen LogP contribution in [0.3, 0.4) is 0 Å². The van der Waals surface area contributed by atoms with E-state index in [1.165, 1.54) is 5.39 Å². The smallest absolute Gasteiger partial charge is 0.175 e. The first-order valence-electron chi connectivity index (χ1n) is 5.33. The Morgan fingerprint density at radius 3 is 2.24 bits per heavy atom. The van der Waals surface area contributed by atoms with Gasteiger partial charge < -0.3 is 4.89 Å². The van der Waals surface area contributed by atoms with Crippen molar-refractivity contribution in [3.8, 4) is 5.75 Å². The molecule has 3 aromatic rings. The number of hydrogen-bond donors (Lipinski definition) is 1. The largest absolute Gasteiger partial charge is 0.319 e. The number of rotatable bonds is 2. The monoisotopic (exact) mass is 225 g/mol. The number of fused-ring (bicyclic) bond motifs is 2. The van der Waals surface area contributed by atoms with Gasteiger partial charge in [0.2, 0.25) is 0 Å². The van der Waals surface area contributed by atoms with Crippen LogP contribution in [0.15, 0.2) is 54.6 Å². The van der Waals surface area contributed by atoms with Crippen molar-refractivity contribution in [1.82, 2.24) is 0 Å². The molecule has 0 aliphatic carbocycles. The highest BCUT2D eigenvalue weighted by Crippen LogP contribution is 2.29. The SMILES string of the molecule is NOOc1cccc2cc3ccccc3cc12. The predicted octanol–water partition coefficient (Wildman–Crippen LogP) is 3.18. The molecule has 0 unspecified atom stereocenters. The second-order valence-electron chi connectivity index (χ2n) is 3.86. The van der Waals surface area contributed by atoms with E-state index in [1.54, 1.807) is 0 Å². The van der Waals surface area contributed by atoms with Crippen molar-refractivity contribution >= 4 is 21.5 Å². The van der Waals surface area contributed by atoms with Gasteiger partial charge in [-0.1, -0.05) is 41.4 Å². The van der Waals surface area contributed by atoms with Gasteiger partial charge in [-0.05, 0) is 34.4 Å². The molecule has 0 spiro atoms. The van der Waals surface area contributed by atoms with E-state index < -0.39 is 0 Å². The molecule has 0 bridgehead atoms. The van der Waals surface area contributed by atoms with Gasteiger partial charge in [0.25, 0.3) is 0 Å². The summed E-state index contributed by atoms with van der Waals surface area (Å²) >= 11 is 0. The second kappa shape index (κ2) is 4.05. The molecule has 84 valence electrons. The van der Waals surface area contributed by atoms with Crippen molar-refractivity contribution in [2.24, 2.45) is 5.90 Å². The number of hydrogen-bond acceptors (Lipinski definition) is 3. The zero-order chi connectivity index (χ0) is 11.7. The summed E-state index contributed by atoms with van der Waals surface area (Å²) in [5.74, 6) is 5.56. The molecule has 2 N–H and O–H groups in total. The third-order valence-electron chi connectivity index (χ3n) is 2.84. The van der Waals surface area contributed by atoms with Crippen molar-refractivity contribution in [3.05, 3.63) is 54.6 Å². The van der Waals surface area contributed by atoms with E-state index in [4.69, 9.17) is 10.8 Å². The van der Waals surface area contributed by atoms with E-state index in [1.807, 2.05) is 30.3 Å². The summed E-state index contributed by atoms with van der Waals surface area (Å²) in [6, 6.07) is 18.1. The van der Waals surface area contributed by atoms with Gasteiger partial charge in [-0.25, -0.2) is 0 Å². The van der Waals surface area contributed by atoms with Crippen molar-refractivity contribution in [2.75, 3.05) is 0 Å². The Morgan fingerprint density at radius 2 is 1.47 bits per heavy atom. The van der Waals surface area contributed by atoms with Gasteiger partial charge in [0, 0.05) is 5.39 Å². The van der Waals surface area contributed by atoms with Gasteiger partial charge in [0.05, 0.1) is 0 Å². The third kappa shape index (κ3) is 1.71. The zero-order valence-electron chi connectivity index (χ0n) is 9.09. The Hall–Kier alpha value is -2.10. The number of benzene rings is 3. The maximum atomic E-state index is 4.95. The lowest BCUT2D eigenvalue weighted by Crippen LogP contribution is -2.03. The van der Waals surface area contributed by atoms with Gasteiger partial charge in [-0.15, -0.1) is 0 Å². The first-order valence-corrected chi connectivity index (χ1v) is 5.33. The van der Waals surface area contributed by atoms with Crippen LogP contribution in [0.5, 0.6) is 5.75 Å². The fourth-order valence-electron chi connectivity index (χ4n) is 2.06. The first kappa shape index (κ1) is 10.1. The molecule has 0 atom stereocenters. The summed E-state index contributed by atoms with van der Waals surface area (Å²) in [7, 11) is 0. The average molecular weight is 225 g/mol. The topological polar surface area (TPSA) is 44.5 Å². The molecule has 0 saturated carbocycles. The molecule has 0 heterocycles. The molecule has 3 nitrogen and oxygen atoms in total. The molecule has 0 radical (unpaired) electrons. The van der Waals surface area contributed by atoms with Crippen molar-refractivity contribution in [1.29, 1.82) is 0 Å². The van der Waals surface area contributed by atoms with Gasteiger partial charge in [0.1, 0.15) is 0 Å². The van der Waals surface area contributed by atoms with Gasteiger partial charge >= 0.3 is 0 Å². The van der Waals surface area contributed by atoms with Gasteiger partial charge in [0.15, 0.2) is 5.75 Å². The molecular weight excluding hydrogens is 214 g/mol. The minimum atomic E-state index is 0.621. The highest BCUT2D eigenvalue weighted by atomic mass is 17.3. The fourth-order valence-corrected chi connectivity index (χ4v) is 2.06. The standard InChI is InChI=1S/C14H11NO2/c15-17-16-14-7-3-6-12-8-10-4-1-2-5-11(10)9-13(12)14/h1-9H,15H2. The van der Waals surface area contributed by atoms with Crippen LogP contribution < -0.4 is 10.8 Å². The molecule has 0 aliphatic rings. The fraction of sp³-hybridized carbons (Fsp3) is 0. The summed E-state index contributed by atoms with van der Waals surface area (Å²) < 4.78 is 0. The quantitative estimate of drug-likeness (QED) is 0.414. The Morgan fingerprint density at radius 1 is 0.765 bits per heavy atom. The van der Waals surface area contributed by atoms with Crippen LogP contribution in [0, 0.1) is 0 Å². The normalized spacial score (nSPS) is 10.9. The highest BCUT2D eigenvalue weighted by molar-refractivity contribution is 6.00. The van der Waals surface area contributed by atoms with Crippen molar-refractivity contribution in [3.63, 3.8) is 0 Å². The molecule has 3 heteroatoms. The Bertz CT molecular complexity index is 679. The summed E-state index contributed by atoms with van der Waals surface area (Å²) in [5.41, 5.74) is 0. The molecule has 0 fully saturated rings. The van der Waals surface area contributed by atoms with Crippen LogP contribution in [-0.4, -0.2) is 0 Å². The molecule has 0 aliphatic heterocycles. The minimum absolute atomic E-state index is 0.621. The Balaban J connectivity index is 2.35. The Kier molecular flexibility index (Phi) is 2.40. The molecule has 0 aromatic heterocycles. The first-order chi connectivity index (χ1) is 8.38. The molecule has 3 rings (SSSR count). The molecular formula is C14H11NO2. The maximum absolute atomic E-state index is 4.95.